The maximum absolute atomic E-state index is 13.6. The zero-order valence-corrected chi connectivity index (χ0v) is 23.8. The van der Waals surface area contributed by atoms with Gasteiger partial charge in [-0.2, -0.15) is 17.9 Å². The highest BCUT2D eigenvalue weighted by molar-refractivity contribution is 5.44. The summed E-state index contributed by atoms with van der Waals surface area (Å²) in [5, 5.41) is 10.2. The molecule has 7 nitrogen and oxygen atoms in total. The number of likely N-dealkylation sites (N-methyl/N-ethyl adjacent to an activating group) is 1. The van der Waals surface area contributed by atoms with Crippen molar-refractivity contribution in [1.29, 1.82) is 0 Å². The van der Waals surface area contributed by atoms with E-state index in [1.165, 1.54) is 24.0 Å². The van der Waals surface area contributed by atoms with Crippen LogP contribution in [0.1, 0.15) is 54.1 Å². The number of methoxy groups -OCH3 is 1. The molecule has 0 N–H and O–H groups in total. The van der Waals surface area contributed by atoms with Crippen molar-refractivity contribution in [2.24, 2.45) is 0 Å². The van der Waals surface area contributed by atoms with Crippen LogP contribution in [0.4, 0.5) is 13.2 Å². The smallest absolute Gasteiger partial charge is 0.453 e. The van der Waals surface area contributed by atoms with Gasteiger partial charge in [0.05, 0.1) is 12.8 Å². The molecule has 42 heavy (non-hydrogen) atoms. The summed E-state index contributed by atoms with van der Waals surface area (Å²) in [6.45, 7) is 2.20. The van der Waals surface area contributed by atoms with Crippen molar-refractivity contribution in [3.63, 3.8) is 0 Å². The Kier molecular flexibility index (Phi) is 7.76. The van der Waals surface area contributed by atoms with Crippen LogP contribution in [-0.2, 0) is 12.7 Å². The zero-order chi connectivity index (χ0) is 29.3. The lowest BCUT2D eigenvalue weighted by Gasteiger charge is -2.54. The second-order valence-corrected chi connectivity index (χ2v) is 11.5. The molecule has 4 aromatic rings. The first kappa shape index (κ1) is 28.4. The van der Waals surface area contributed by atoms with Gasteiger partial charge in [-0.1, -0.05) is 73.5 Å². The van der Waals surface area contributed by atoms with Crippen LogP contribution in [0.5, 0.6) is 5.75 Å². The van der Waals surface area contributed by atoms with Crippen molar-refractivity contribution in [2.45, 2.75) is 55.9 Å². The van der Waals surface area contributed by atoms with Crippen molar-refractivity contribution in [3.05, 3.63) is 101 Å². The lowest BCUT2D eigenvalue weighted by molar-refractivity contribution is -0.146. The molecule has 2 heterocycles. The molecule has 6 rings (SSSR count). The highest BCUT2D eigenvalue weighted by Gasteiger charge is 2.48. The monoisotopic (exact) mass is 576 g/mol. The lowest BCUT2D eigenvalue weighted by Crippen LogP contribution is -2.65. The summed E-state index contributed by atoms with van der Waals surface area (Å²) in [5.74, 6) is -0.378. The molecule has 1 atom stereocenters. The molecule has 1 saturated heterocycles. The van der Waals surface area contributed by atoms with Crippen molar-refractivity contribution < 1.29 is 17.9 Å². The van der Waals surface area contributed by atoms with Crippen molar-refractivity contribution in [3.8, 4) is 11.4 Å². The van der Waals surface area contributed by atoms with Gasteiger partial charge in [0, 0.05) is 42.7 Å². The standard InChI is InChI=1S/C32H35F3N6O/c1-39-27(29(23-11-5-3-6-12-23)24-13-7-4-8-14-24)21-40(22-31(39)17-9-10-18-31)20-25-19-26(15-16-28(25)42-2)41-30(32(33,34)35)36-37-38-41/h3-8,11-16,19,27,29H,9-10,17-18,20-22H2,1-2H3. The lowest BCUT2D eigenvalue weighted by atomic mass is 9.79. The molecule has 220 valence electrons. The summed E-state index contributed by atoms with van der Waals surface area (Å²) in [6.07, 6.45) is -0.0742. The van der Waals surface area contributed by atoms with Crippen LogP contribution in [0.3, 0.4) is 0 Å². The number of alkyl halides is 3. The van der Waals surface area contributed by atoms with E-state index in [-0.39, 0.29) is 23.2 Å². The second-order valence-electron chi connectivity index (χ2n) is 11.5. The molecule has 0 radical (unpaired) electrons. The molecule has 0 bridgehead atoms. The summed E-state index contributed by atoms with van der Waals surface area (Å²) in [4.78, 5) is 5.09. The van der Waals surface area contributed by atoms with Crippen molar-refractivity contribution >= 4 is 0 Å². The Hall–Kier alpha value is -3.76. The number of hydrogen-bond acceptors (Lipinski definition) is 6. The van der Waals surface area contributed by atoms with Gasteiger partial charge < -0.3 is 4.74 Å². The fourth-order valence-corrected chi connectivity index (χ4v) is 7.08. The molecule has 2 aliphatic rings. The van der Waals surface area contributed by atoms with Crippen LogP contribution in [0.2, 0.25) is 0 Å². The van der Waals surface area contributed by atoms with E-state index in [0.717, 1.165) is 36.2 Å². The third-order valence-corrected chi connectivity index (χ3v) is 9.07. The van der Waals surface area contributed by atoms with E-state index in [1.807, 2.05) is 0 Å². The quantitative estimate of drug-likeness (QED) is 0.271. The number of ether oxygens (including phenoxy) is 1. The largest absolute Gasteiger partial charge is 0.496 e. The second kappa shape index (κ2) is 11.5. The molecule has 1 unspecified atom stereocenters. The molecule has 1 saturated carbocycles. The number of nitrogens with zero attached hydrogens (tertiary/aromatic N) is 6. The van der Waals surface area contributed by atoms with Gasteiger partial charge in [0.2, 0.25) is 0 Å². The SMILES string of the molecule is COc1ccc(-n2nnnc2C(F)(F)F)cc1CN1CC(C(c2ccccc2)c2ccccc2)N(C)C2(CCCC2)C1. The molecule has 1 aliphatic carbocycles. The van der Waals surface area contributed by atoms with Gasteiger partial charge in [-0.05, 0) is 59.6 Å². The predicted molar refractivity (Wildman–Crippen MR) is 153 cm³/mol. The summed E-state index contributed by atoms with van der Waals surface area (Å²) in [7, 11) is 3.87. The Labute approximate surface area is 243 Å². The number of benzene rings is 3. The summed E-state index contributed by atoms with van der Waals surface area (Å²) in [6, 6.07) is 26.5. The third-order valence-electron chi connectivity index (χ3n) is 9.07. The van der Waals surface area contributed by atoms with Gasteiger partial charge in [0.25, 0.3) is 5.82 Å². The molecular weight excluding hydrogens is 541 g/mol. The van der Waals surface area contributed by atoms with E-state index >= 15 is 0 Å². The molecule has 1 aromatic heterocycles. The number of aromatic nitrogens is 4. The molecular formula is C32H35F3N6O. The highest BCUT2D eigenvalue weighted by atomic mass is 19.4. The van der Waals surface area contributed by atoms with Gasteiger partial charge in [0.15, 0.2) is 0 Å². The predicted octanol–water partition coefficient (Wildman–Crippen LogP) is 5.95. The molecule has 0 amide bonds. The number of tetrazole rings is 1. The van der Waals surface area contributed by atoms with Crippen LogP contribution >= 0.6 is 0 Å². The first-order valence-electron chi connectivity index (χ1n) is 14.4. The van der Waals surface area contributed by atoms with E-state index in [0.29, 0.717) is 12.3 Å². The Morgan fingerprint density at radius 2 is 1.60 bits per heavy atom. The topological polar surface area (TPSA) is 59.3 Å². The van der Waals surface area contributed by atoms with E-state index in [1.54, 1.807) is 25.3 Å². The van der Waals surface area contributed by atoms with E-state index in [2.05, 4.69) is 93.0 Å². The fraction of sp³-hybridized carbons (Fsp3) is 0.406. The van der Waals surface area contributed by atoms with Crippen LogP contribution < -0.4 is 4.74 Å². The highest BCUT2D eigenvalue weighted by Crippen LogP contribution is 2.44. The van der Waals surface area contributed by atoms with Gasteiger partial charge >= 0.3 is 6.18 Å². The zero-order valence-electron chi connectivity index (χ0n) is 23.8. The Balaban J connectivity index is 1.38. The van der Waals surface area contributed by atoms with E-state index in [9.17, 15) is 13.2 Å². The number of halogens is 3. The Morgan fingerprint density at radius 1 is 0.952 bits per heavy atom. The van der Waals surface area contributed by atoms with Crippen LogP contribution in [-0.4, -0.2) is 68.8 Å². The van der Waals surface area contributed by atoms with E-state index < -0.39 is 12.0 Å². The first-order valence-corrected chi connectivity index (χ1v) is 14.4. The van der Waals surface area contributed by atoms with Gasteiger partial charge in [0.1, 0.15) is 5.75 Å². The summed E-state index contributed by atoms with van der Waals surface area (Å²) >= 11 is 0. The molecule has 3 aromatic carbocycles. The average molecular weight is 577 g/mol. The summed E-state index contributed by atoms with van der Waals surface area (Å²) < 4.78 is 47.2. The third kappa shape index (κ3) is 5.41. The Morgan fingerprint density at radius 3 is 2.19 bits per heavy atom. The fourth-order valence-electron chi connectivity index (χ4n) is 7.08. The molecule has 2 fully saturated rings. The maximum Gasteiger partial charge on any atom is 0.453 e. The Bertz CT molecular complexity index is 1450. The molecule has 1 aliphatic heterocycles. The van der Waals surface area contributed by atoms with Crippen molar-refractivity contribution in [1.82, 2.24) is 30.0 Å². The van der Waals surface area contributed by atoms with Gasteiger partial charge in [-0.3, -0.25) is 9.80 Å². The minimum absolute atomic E-state index is 0.0227. The maximum atomic E-state index is 13.6. The number of piperazine rings is 1. The van der Waals surface area contributed by atoms with Crippen LogP contribution in [0, 0.1) is 0 Å². The van der Waals surface area contributed by atoms with Crippen molar-refractivity contribution in [2.75, 3.05) is 27.2 Å². The van der Waals surface area contributed by atoms with Crippen LogP contribution in [0.25, 0.3) is 5.69 Å². The van der Waals surface area contributed by atoms with Gasteiger partial charge in [-0.25, -0.2) is 0 Å². The number of hydrogen-bond donors (Lipinski definition) is 0. The van der Waals surface area contributed by atoms with E-state index in [4.69, 9.17) is 4.74 Å². The average Bonchev–Trinajstić information content (AvgIpc) is 3.68. The normalized spacial score (nSPS) is 19.5. The van der Waals surface area contributed by atoms with Crippen LogP contribution in [0.15, 0.2) is 78.9 Å². The summed E-state index contributed by atoms with van der Waals surface area (Å²) in [5.41, 5.74) is 3.61. The minimum Gasteiger partial charge on any atom is -0.496 e. The molecule has 10 heteroatoms. The molecule has 1 spiro atoms. The number of rotatable bonds is 7. The van der Waals surface area contributed by atoms with Gasteiger partial charge in [-0.15, -0.1) is 5.10 Å². The first-order chi connectivity index (χ1) is 20.3. The minimum atomic E-state index is -4.67.